The number of rotatable bonds is 5. The molecule has 2 heterocycles. The van der Waals surface area contributed by atoms with Crippen LogP contribution < -0.4 is 0 Å². The van der Waals surface area contributed by atoms with E-state index >= 15 is 0 Å². The number of alkyl halides is 3. The topological polar surface area (TPSA) is 73.3 Å². The first-order valence-electron chi connectivity index (χ1n) is 11.2. The molecule has 0 bridgehead atoms. The van der Waals surface area contributed by atoms with Gasteiger partial charge in [-0.3, -0.25) is 14.6 Å². The van der Waals surface area contributed by atoms with Crippen molar-refractivity contribution in [2.45, 2.75) is 51.4 Å². The number of carbonyl (C=O) groups is 2. The van der Waals surface area contributed by atoms with Gasteiger partial charge in [0.1, 0.15) is 5.60 Å². The highest BCUT2D eigenvalue weighted by molar-refractivity contribution is 5.72. The second kappa shape index (κ2) is 9.89. The molecule has 3 rings (SSSR count). The van der Waals surface area contributed by atoms with Crippen molar-refractivity contribution in [2.24, 2.45) is 0 Å². The molecule has 0 radical (unpaired) electrons. The number of carboxylic acid groups (broad SMARTS) is 1. The van der Waals surface area contributed by atoms with Gasteiger partial charge in [-0.1, -0.05) is 6.07 Å². The number of likely N-dealkylation sites (tertiary alicyclic amines) is 1. The van der Waals surface area contributed by atoms with Crippen molar-refractivity contribution in [1.82, 2.24) is 14.7 Å². The van der Waals surface area contributed by atoms with Gasteiger partial charge in [-0.15, -0.1) is 0 Å². The van der Waals surface area contributed by atoms with Crippen LogP contribution in [0.3, 0.4) is 0 Å². The van der Waals surface area contributed by atoms with E-state index < -0.39 is 23.4 Å². The summed E-state index contributed by atoms with van der Waals surface area (Å²) in [5.74, 6) is -0.464. The molecule has 2 aliphatic rings. The van der Waals surface area contributed by atoms with Crippen LogP contribution in [0.5, 0.6) is 0 Å². The summed E-state index contributed by atoms with van der Waals surface area (Å²) in [6.45, 7) is 8.86. The number of hydrogen-bond acceptors (Lipinski definition) is 5. The Bertz CT molecular complexity index is 861. The fourth-order valence-electron chi connectivity index (χ4n) is 4.42. The zero-order valence-corrected chi connectivity index (χ0v) is 19.3. The van der Waals surface area contributed by atoms with Crippen LogP contribution >= 0.6 is 0 Å². The first-order chi connectivity index (χ1) is 15.3. The maximum absolute atomic E-state index is 13.4. The number of esters is 1. The Balaban J connectivity index is 1.73. The molecule has 1 aromatic carbocycles. The van der Waals surface area contributed by atoms with Crippen LogP contribution in [0.2, 0.25) is 0 Å². The predicted molar refractivity (Wildman–Crippen MR) is 116 cm³/mol. The van der Waals surface area contributed by atoms with Crippen LogP contribution in [0.25, 0.3) is 0 Å². The average molecular weight is 472 g/mol. The summed E-state index contributed by atoms with van der Waals surface area (Å²) in [7, 11) is 0. The second-order valence-electron chi connectivity index (χ2n) is 9.76. The lowest BCUT2D eigenvalue weighted by atomic mass is 9.91. The van der Waals surface area contributed by atoms with Crippen LogP contribution in [0.4, 0.5) is 18.0 Å². The van der Waals surface area contributed by atoms with E-state index in [1.54, 1.807) is 20.8 Å². The lowest BCUT2D eigenvalue weighted by molar-refractivity contribution is -0.155. The van der Waals surface area contributed by atoms with Gasteiger partial charge in [0.15, 0.2) is 0 Å². The van der Waals surface area contributed by atoms with E-state index in [2.05, 4.69) is 4.90 Å². The SMILES string of the molecule is CC(C)(C)OC(=O)CN1CCC(c2cc(C(F)(F)F)ccc2CN2CCN(C(=O)O)CC2)C1. The monoisotopic (exact) mass is 471 g/mol. The van der Waals surface area contributed by atoms with Gasteiger partial charge in [0.2, 0.25) is 0 Å². The average Bonchev–Trinajstić information content (AvgIpc) is 3.14. The van der Waals surface area contributed by atoms with Gasteiger partial charge in [-0.25, -0.2) is 4.79 Å². The first kappa shape index (κ1) is 25.3. The Morgan fingerprint density at radius 1 is 1.06 bits per heavy atom. The molecule has 0 saturated carbocycles. The summed E-state index contributed by atoms with van der Waals surface area (Å²) in [5.41, 5.74) is 0.199. The first-order valence-corrected chi connectivity index (χ1v) is 11.2. The van der Waals surface area contributed by atoms with Crippen molar-refractivity contribution in [2.75, 3.05) is 45.8 Å². The Morgan fingerprint density at radius 3 is 2.30 bits per heavy atom. The van der Waals surface area contributed by atoms with Crippen molar-refractivity contribution in [1.29, 1.82) is 0 Å². The van der Waals surface area contributed by atoms with Gasteiger partial charge >= 0.3 is 18.2 Å². The number of benzene rings is 1. The van der Waals surface area contributed by atoms with E-state index in [-0.39, 0.29) is 18.4 Å². The van der Waals surface area contributed by atoms with E-state index in [4.69, 9.17) is 9.84 Å². The van der Waals surface area contributed by atoms with Gasteiger partial charge in [-0.05, 0) is 62.9 Å². The predicted octanol–water partition coefficient (Wildman–Crippen LogP) is 3.63. The zero-order valence-electron chi connectivity index (χ0n) is 19.3. The number of ether oxygens (including phenoxy) is 1. The molecule has 10 heteroatoms. The second-order valence-corrected chi connectivity index (χ2v) is 9.76. The van der Waals surface area contributed by atoms with Crippen molar-refractivity contribution >= 4 is 12.1 Å². The van der Waals surface area contributed by atoms with Gasteiger partial charge in [-0.2, -0.15) is 13.2 Å². The summed E-state index contributed by atoms with van der Waals surface area (Å²) >= 11 is 0. The standard InChI is InChI=1S/C23H32F3N3O4/c1-22(2,3)33-20(30)15-28-7-6-17(14-28)19-12-18(23(24,25)26)5-4-16(19)13-27-8-10-29(11-9-27)21(31)32/h4-5,12,17H,6-11,13-15H2,1-3H3,(H,31,32). The lowest BCUT2D eigenvalue weighted by Gasteiger charge is -2.33. The molecule has 184 valence electrons. The molecule has 1 unspecified atom stereocenters. The highest BCUT2D eigenvalue weighted by Gasteiger charge is 2.34. The Morgan fingerprint density at radius 2 is 1.73 bits per heavy atom. The molecule has 33 heavy (non-hydrogen) atoms. The lowest BCUT2D eigenvalue weighted by Crippen LogP contribution is -2.47. The third kappa shape index (κ3) is 7.07. The molecule has 1 N–H and O–H groups in total. The smallest absolute Gasteiger partial charge is 0.416 e. The highest BCUT2D eigenvalue weighted by Crippen LogP contribution is 2.36. The normalized spacial score (nSPS) is 20.8. The van der Waals surface area contributed by atoms with Crippen molar-refractivity contribution in [3.63, 3.8) is 0 Å². The molecule has 2 fully saturated rings. The fraction of sp³-hybridized carbons (Fsp3) is 0.652. The van der Waals surface area contributed by atoms with Crippen molar-refractivity contribution < 1.29 is 32.6 Å². The number of carbonyl (C=O) groups excluding carboxylic acids is 1. The molecule has 0 spiro atoms. The van der Waals surface area contributed by atoms with Gasteiger partial charge in [0.05, 0.1) is 12.1 Å². The van der Waals surface area contributed by atoms with Crippen LogP contribution in [-0.2, 0) is 22.3 Å². The van der Waals surface area contributed by atoms with Gasteiger partial charge in [0.25, 0.3) is 0 Å². The summed E-state index contributed by atoms with van der Waals surface area (Å²) in [4.78, 5) is 28.6. The van der Waals surface area contributed by atoms with Gasteiger partial charge < -0.3 is 14.7 Å². The highest BCUT2D eigenvalue weighted by atomic mass is 19.4. The van der Waals surface area contributed by atoms with Crippen LogP contribution in [0.1, 0.15) is 49.8 Å². The Labute approximate surface area is 192 Å². The third-order valence-electron chi connectivity index (χ3n) is 5.99. The van der Waals surface area contributed by atoms with E-state index in [9.17, 15) is 22.8 Å². The largest absolute Gasteiger partial charge is 0.465 e. The molecule has 2 saturated heterocycles. The molecule has 7 nitrogen and oxygen atoms in total. The molecule has 1 aromatic rings. The summed E-state index contributed by atoms with van der Waals surface area (Å²) in [6.07, 6.45) is -4.74. The molecule has 1 amide bonds. The van der Waals surface area contributed by atoms with Crippen LogP contribution in [0.15, 0.2) is 18.2 Å². The number of nitrogens with zero attached hydrogens (tertiary/aromatic N) is 3. The van der Waals surface area contributed by atoms with Crippen LogP contribution in [-0.4, -0.2) is 83.3 Å². The van der Waals surface area contributed by atoms with E-state index in [1.165, 1.54) is 17.0 Å². The quantitative estimate of drug-likeness (QED) is 0.662. The number of hydrogen-bond donors (Lipinski definition) is 1. The van der Waals surface area contributed by atoms with E-state index in [0.29, 0.717) is 57.8 Å². The molecule has 2 aliphatic heterocycles. The minimum Gasteiger partial charge on any atom is -0.465 e. The fourth-order valence-corrected chi connectivity index (χ4v) is 4.42. The Hall–Kier alpha value is -2.33. The van der Waals surface area contributed by atoms with Gasteiger partial charge in [0, 0.05) is 39.3 Å². The van der Waals surface area contributed by atoms with Crippen molar-refractivity contribution in [3.05, 3.63) is 34.9 Å². The molecule has 1 atom stereocenters. The third-order valence-corrected chi connectivity index (χ3v) is 5.99. The number of amides is 1. The number of piperazine rings is 1. The Kier molecular flexibility index (Phi) is 7.58. The summed E-state index contributed by atoms with van der Waals surface area (Å²) in [5, 5.41) is 9.12. The summed E-state index contributed by atoms with van der Waals surface area (Å²) in [6, 6.07) is 3.89. The van der Waals surface area contributed by atoms with Crippen LogP contribution in [0, 0.1) is 0 Å². The molecule has 0 aliphatic carbocycles. The molecular weight excluding hydrogens is 439 g/mol. The minimum absolute atomic E-state index is 0.110. The summed E-state index contributed by atoms with van der Waals surface area (Å²) < 4.78 is 45.7. The van der Waals surface area contributed by atoms with Crippen molar-refractivity contribution in [3.8, 4) is 0 Å². The molecular formula is C23H32F3N3O4. The molecule has 0 aromatic heterocycles. The number of halogens is 3. The minimum atomic E-state index is -4.44. The van der Waals surface area contributed by atoms with E-state index in [1.807, 2.05) is 4.90 Å². The van der Waals surface area contributed by atoms with E-state index in [0.717, 1.165) is 11.6 Å². The zero-order chi connectivity index (χ0) is 24.4. The maximum atomic E-state index is 13.4. The maximum Gasteiger partial charge on any atom is 0.416 e.